The highest BCUT2D eigenvalue weighted by Gasteiger charge is 2.46. The predicted octanol–water partition coefficient (Wildman–Crippen LogP) is 2.21. The van der Waals surface area contributed by atoms with Crippen LogP contribution in [0.4, 0.5) is 4.39 Å². The highest BCUT2D eigenvalue weighted by molar-refractivity contribution is 5.82. The van der Waals surface area contributed by atoms with Crippen molar-refractivity contribution in [2.24, 2.45) is 0 Å². The number of rotatable bonds is 5. The molecule has 22 heavy (non-hydrogen) atoms. The standard InChI is InChI=1S/C16H20FNO4/c1-11(12-3-5-13(22-2)6-4-12)9-14(19)18-8-7-16(17,10-18)15(20)21/h3-6,11H,7-10H2,1-2H3,(H,20,21). The van der Waals surface area contributed by atoms with Gasteiger partial charge in [0.05, 0.1) is 13.7 Å². The minimum atomic E-state index is -2.31. The van der Waals surface area contributed by atoms with Crippen LogP contribution in [-0.4, -0.2) is 47.8 Å². The van der Waals surface area contributed by atoms with Crippen LogP contribution < -0.4 is 4.74 Å². The van der Waals surface area contributed by atoms with Crippen molar-refractivity contribution in [2.75, 3.05) is 20.2 Å². The fourth-order valence-electron chi connectivity index (χ4n) is 2.60. The molecule has 0 aromatic heterocycles. The number of alkyl halides is 1. The number of nitrogens with zero attached hydrogens (tertiary/aromatic N) is 1. The number of ether oxygens (including phenoxy) is 1. The van der Waals surface area contributed by atoms with E-state index in [2.05, 4.69) is 0 Å². The van der Waals surface area contributed by atoms with Crippen LogP contribution in [0, 0.1) is 0 Å². The molecule has 6 heteroatoms. The molecule has 2 atom stereocenters. The molecule has 0 radical (unpaired) electrons. The van der Waals surface area contributed by atoms with Crippen molar-refractivity contribution in [2.45, 2.75) is 31.4 Å². The van der Waals surface area contributed by atoms with Crippen LogP contribution in [0.3, 0.4) is 0 Å². The lowest BCUT2D eigenvalue weighted by Crippen LogP contribution is -2.39. The number of methoxy groups -OCH3 is 1. The van der Waals surface area contributed by atoms with E-state index in [1.54, 1.807) is 7.11 Å². The smallest absolute Gasteiger partial charge is 0.343 e. The molecule has 1 fully saturated rings. The van der Waals surface area contributed by atoms with Crippen LogP contribution in [0.1, 0.15) is 31.2 Å². The Balaban J connectivity index is 1.95. The number of amides is 1. The molecule has 0 bridgehead atoms. The fourth-order valence-corrected chi connectivity index (χ4v) is 2.60. The lowest BCUT2D eigenvalue weighted by molar-refractivity contribution is -0.150. The van der Waals surface area contributed by atoms with E-state index in [0.29, 0.717) is 0 Å². The van der Waals surface area contributed by atoms with Gasteiger partial charge in [0.15, 0.2) is 0 Å². The van der Waals surface area contributed by atoms with E-state index in [1.165, 1.54) is 4.90 Å². The van der Waals surface area contributed by atoms with Gasteiger partial charge in [-0.2, -0.15) is 0 Å². The average Bonchev–Trinajstić information content (AvgIpc) is 2.91. The number of carbonyl (C=O) groups excluding carboxylic acids is 1. The highest BCUT2D eigenvalue weighted by atomic mass is 19.1. The summed E-state index contributed by atoms with van der Waals surface area (Å²) in [5.41, 5.74) is -1.32. The monoisotopic (exact) mass is 309 g/mol. The van der Waals surface area contributed by atoms with Crippen molar-refractivity contribution in [1.82, 2.24) is 4.90 Å². The number of likely N-dealkylation sites (tertiary alicyclic amines) is 1. The third-order valence-corrected chi connectivity index (χ3v) is 4.12. The summed E-state index contributed by atoms with van der Waals surface area (Å²) >= 11 is 0. The van der Waals surface area contributed by atoms with E-state index in [-0.39, 0.29) is 37.8 Å². The van der Waals surface area contributed by atoms with Gasteiger partial charge >= 0.3 is 5.97 Å². The Morgan fingerprint density at radius 1 is 1.41 bits per heavy atom. The van der Waals surface area contributed by atoms with Crippen molar-refractivity contribution in [3.05, 3.63) is 29.8 Å². The van der Waals surface area contributed by atoms with Gasteiger partial charge in [-0.3, -0.25) is 4.79 Å². The molecule has 1 N–H and O–H groups in total. The molecule has 0 spiro atoms. The largest absolute Gasteiger partial charge is 0.497 e. The molecule has 0 aliphatic carbocycles. The van der Waals surface area contributed by atoms with Crippen molar-refractivity contribution in [3.63, 3.8) is 0 Å². The number of carbonyl (C=O) groups is 2. The first kappa shape index (κ1) is 16.3. The Bertz CT molecular complexity index is 560. The van der Waals surface area contributed by atoms with E-state index in [4.69, 9.17) is 9.84 Å². The third-order valence-electron chi connectivity index (χ3n) is 4.12. The molecule has 1 aromatic rings. The SMILES string of the molecule is COc1ccc(C(C)CC(=O)N2CCC(F)(C(=O)O)C2)cc1. The molecular weight excluding hydrogens is 289 g/mol. The molecule has 1 amide bonds. The van der Waals surface area contributed by atoms with E-state index in [9.17, 15) is 14.0 Å². The van der Waals surface area contributed by atoms with Crippen LogP contribution in [0.25, 0.3) is 0 Å². The Morgan fingerprint density at radius 3 is 2.55 bits per heavy atom. The Labute approximate surface area is 128 Å². The Morgan fingerprint density at radius 2 is 2.05 bits per heavy atom. The fraction of sp³-hybridized carbons (Fsp3) is 0.500. The molecule has 0 saturated carbocycles. The summed E-state index contributed by atoms with van der Waals surface area (Å²) in [5.74, 6) is -1.00. The molecular formula is C16H20FNO4. The van der Waals surface area contributed by atoms with Crippen molar-refractivity contribution < 1.29 is 23.8 Å². The van der Waals surface area contributed by atoms with Gasteiger partial charge in [0.2, 0.25) is 11.6 Å². The lowest BCUT2D eigenvalue weighted by atomic mass is 9.97. The maximum absolute atomic E-state index is 14.0. The summed E-state index contributed by atoms with van der Waals surface area (Å²) in [6.45, 7) is 1.70. The molecule has 2 unspecified atom stereocenters. The summed E-state index contributed by atoms with van der Waals surface area (Å²) in [4.78, 5) is 24.4. The summed E-state index contributed by atoms with van der Waals surface area (Å²) in [6, 6.07) is 7.42. The summed E-state index contributed by atoms with van der Waals surface area (Å²) < 4.78 is 19.1. The van der Waals surface area contributed by atoms with Crippen LogP contribution in [-0.2, 0) is 9.59 Å². The van der Waals surface area contributed by atoms with Gasteiger partial charge < -0.3 is 14.7 Å². The molecule has 120 valence electrons. The quantitative estimate of drug-likeness (QED) is 0.905. The van der Waals surface area contributed by atoms with Crippen molar-refractivity contribution in [3.8, 4) is 5.75 Å². The van der Waals surface area contributed by atoms with E-state index in [0.717, 1.165) is 11.3 Å². The number of carboxylic acid groups (broad SMARTS) is 1. The second kappa shape index (κ2) is 6.34. The number of halogens is 1. The first-order valence-corrected chi connectivity index (χ1v) is 7.20. The highest BCUT2D eigenvalue weighted by Crippen LogP contribution is 2.28. The average molecular weight is 309 g/mol. The number of hydrogen-bond acceptors (Lipinski definition) is 3. The van der Waals surface area contributed by atoms with Crippen LogP contribution in [0.2, 0.25) is 0 Å². The lowest BCUT2D eigenvalue weighted by Gasteiger charge is -2.20. The van der Waals surface area contributed by atoms with Gasteiger partial charge in [0, 0.05) is 19.4 Å². The van der Waals surface area contributed by atoms with Crippen molar-refractivity contribution in [1.29, 1.82) is 0 Å². The van der Waals surface area contributed by atoms with Crippen LogP contribution in [0.5, 0.6) is 5.75 Å². The van der Waals surface area contributed by atoms with Crippen LogP contribution >= 0.6 is 0 Å². The normalized spacial score (nSPS) is 22.4. The molecule has 1 aromatic carbocycles. The zero-order chi connectivity index (χ0) is 16.3. The third kappa shape index (κ3) is 3.37. The molecule has 1 heterocycles. The van der Waals surface area contributed by atoms with Gasteiger partial charge in [-0.15, -0.1) is 0 Å². The summed E-state index contributed by atoms with van der Waals surface area (Å²) in [7, 11) is 1.58. The zero-order valence-electron chi connectivity index (χ0n) is 12.7. The second-order valence-corrected chi connectivity index (χ2v) is 5.71. The molecule has 5 nitrogen and oxygen atoms in total. The van der Waals surface area contributed by atoms with Crippen LogP contribution in [0.15, 0.2) is 24.3 Å². The molecule has 1 aliphatic rings. The van der Waals surface area contributed by atoms with Gasteiger partial charge in [-0.1, -0.05) is 19.1 Å². The topological polar surface area (TPSA) is 66.8 Å². The van der Waals surface area contributed by atoms with Gasteiger partial charge in [-0.25, -0.2) is 9.18 Å². The molecule has 2 rings (SSSR count). The number of carboxylic acids is 1. The minimum Gasteiger partial charge on any atom is -0.497 e. The number of hydrogen-bond donors (Lipinski definition) is 1. The molecule has 1 saturated heterocycles. The second-order valence-electron chi connectivity index (χ2n) is 5.71. The maximum Gasteiger partial charge on any atom is 0.343 e. The zero-order valence-corrected chi connectivity index (χ0v) is 12.7. The number of aliphatic carboxylic acids is 1. The molecule has 1 aliphatic heterocycles. The number of benzene rings is 1. The van der Waals surface area contributed by atoms with E-state index >= 15 is 0 Å². The van der Waals surface area contributed by atoms with Gasteiger partial charge in [0.25, 0.3) is 0 Å². The van der Waals surface area contributed by atoms with Crippen molar-refractivity contribution >= 4 is 11.9 Å². The first-order chi connectivity index (χ1) is 10.4. The van der Waals surface area contributed by atoms with E-state index < -0.39 is 11.6 Å². The summed E-state index contributed by atoms with van der Waals surface area (Å²) in [6.07, 6.45) is 0.0764. The summed E-state index contributed by atoms with van der Waals surface area (Å²) in [5, 5.41) is 8.86. The Hall–Kier alpha value is -2.11. The minimum absolute atomic E-state index is 0.0298. The Kier molecular flexibility index (Phi) is 4.68. The predicted molar refractivity (Wildman–Crippen MR) is 78.7 cm³/mol. The van der Waals surface area contributed by atoms with E-state index in [1.807, 2.05) is 31.2 Å². The van der Waals surface area contributed by atoms with Gasteiger partial charge in [-0.05, 0) is 23.6 Å². The maximum atomic E-state index is 14.0. The van der Waals surface area contributed by atoms with Gasteiger partial charge in [0.1, 0.15) is 5.75 Å². The first-order valence-electron chi connectivity index (χ1n) is 7.20.